The fraction of sp³-hybridized carbons (Fsp3) is 0.417. The van der Waals surface area contributed by atoms with Gasteiger partial charge in [0.15, 0.2) is 6.61 Å². The summed E-state index contributed by atoms with van der Waals surface area (Å²) in [6.07, 6.45) is 4.17. The Balaban J connectivity index is 1.79. The van der Waals surface area contributed by atoms with Gasteiger partial charge in [-0.2, -0.15) is 0 Å². The van der Waals surface area contributed by atoms with Crippen LogP contribution in [0.15, 0.2) is 24.3 Å². The number of para-hydroxylation sites is 1. The minimum absolute atomic E-state index is 0.0796. The number of ether oxygens (including phenoxy) is 3. The van der Waals surface area contributed by atoms with Gasteiger partial charge in [0.25, 0.3) is 11.8 Å². The summed E-state index contributed by atoms with van der Waals surface area (Å²) in [5, 5.41) is 2.84. The Bertz CT molecular complexity index is 1070. The molecular weight excluding hydrogens is 460 g/mol. The van der Waals surface area contributed by atoms with Crippen molar-refractivity contribution in [1.29, 1.82) is 0 Å². The molecule has 1 N–H and O–H groups in total. The molecule has 9 nitrogen and oxygen atoms in total. The molecule has 0 saturated carbocycles. The molecule has 2 heterocycles. The van der Waals surface area contributed by atoms with Crippen LogP contribution in [-0.4, -0.2) is 62.6 Å². The van der Waals surface area contributed by atoms with Gasteiger partial charge in [-0.25, -0.2) is 9.59 Å². The van der Waals surface area contributed by atoms with Crippen molar-refractivity contribution in [2.75, 3.05) is 39.2 Å². The molecule has 1 aliphatic rings. The predicted molar refractivity (Wildman–Crippen MR) is 127 cm³/mol. The molecule has 0 bridgehead atoms. The molecule has 0 aliphatic carbocycles. The summed E-state index contributed by atoms with van der Waals surface area (Å²) in [5.74, 6) is -1.75. The Hall–Kier alpha value is -3.40. The Morgan fingerprint density at radius 1 is 0.971 bits per heavy atom. The van der Waals surface area contributed by atoms with Crippen LogP contribution < -0.4 is 10.1 Å². The van der Waals surface area contributed by atoms with E-state index in [1.807, 2.05) is 0 Å². The number of carbonyl (C=O) groups excluding carboxylic acids is 4. The SMILES string of the molecule is COC(=O)c1sc(NC(=O)c2ccccc2OCC(=O)N2CCCCCC2)c(C(=O)OC)c1C. The van der Waals surface area contributed by atoms with Crippen molar-refractivity contribution < 1.29 is 33.4 Å². The van der Waals surface area contributed by atoms with Gasteiger partial charge in [-0.15, -0.1) is 11.3 Å². The summed E-state index contributed by atoms with van der Waals surface area (Å²) < 4.78 is 15.3. The molecule has 3 rings (SSSR count). The van der Waals surface area contributed by atoms with Gasteiger partial charge in [0.2, 0.25) is 0 Å². The Morgan fingerprint density at radius 2 is 1.62 bits per heavy atom. The van der Waals surface area contributed by atoms with Crippen LogP contribution in [0.5, 0.6) is 5.75 Å². The summed E-state index contributed by atoms with van der Waals surface area (Å²) in [6.45, 7) is 2.82. The molecule has 2 aromatic rings. The Morgan fingerprint density at radius 3 is 2.26 bits per heavy atom. The predicted octanol–water partition coefficient (Wildman–Crippen LogP) is 3.66. The first-order valence-corrected chi connectivity index (χ1v) is 11.8. The highest BCUT2D eigenvalue weighted by molar-refractivity contribution is 7.18. The quantitative estimate of drug-likeness (QED) is 0.592. The number of likely N-dealkylation sites (tertiary alicyclic amines) is 1. The first kappa shape index (κ1) is 25.2. The lowest BCUT2D eigenvalue weighted by Crippen LogP contribution is -2.35. The molecule has 0 spiro atoms. The number of carbonyl (C=O) groups is 4. The smallest absolute Gasteiger partial charge is 0.348 e. The first-order valence-electron chi connectivity index (χ1n) is 11.0. The van der Waals surface area contributed by atoms with E-state index in [-0.39, 0.29) is 39.3 Å². The zero-order valence-corrected chi connectivity index (χ0v) is 20.3. The summed E-state index contributed by atoms with van der Waals surface area (Å²) in [5.41, 5.74) is 0.621. The number of methoxy groups -OCH3 is 2. The number of hydrogen-bond acceptors (Lipinski definition) is 8. The van der Waals surface area contributed by atoms with Crippen LogP contribution >= 0.6 is 11.3 Å². The molecule has 1 aliphatic heterocycles. The second-order valence-electron chi connectivity index (χ2n) is 7.78. The van der Waals surface area contributed by atoms with Crippen molar-refractivity contribution in [3.05, 3.63) is 45.8 Å². The number of benzene rings is 1. The van der Waals surface area contributed by atoms with E-state index in [4.69, 9.17) is 14.2 Å². The third-order valence-electron chi connectivity index (χ3n) is 5.58. The molecule has 0 unspecified atom stereocenters. The van der Waals surface area contributed by atoms with E-state index in [1.54, 1.807) is 36.1 Å². The maximum Gasteiger partial charge on any atom is 0.348 e. The van der Waals surface area contributed by atoms with Crippen LogP contribution in [0.2, 0.25) is 0 Å². The second kappa shape index (κ2) is 11.6. The van der Waals surface area contributed by atoms with Crippen LogP contribution in [0.25, 0.3) is 0 Å². The van der Waals surface area contributed by atoms with Crippen molar-refractivity contribution in [1.82, 2.24) is 4.90 Å². The number of thiophene rings is 1. The molecule has 2 amide bonds. The fourth-order valence-corrected chi connectivity index (χ4v) is 4.85. The molecule has 0 atom stereocenters. The van der Waals surface area contributed by atoms with Crippen LogP contribution in [0.1, 0.15) is 61.6 Å². The largest absolute Gasteiger partial charge is 0.483 e. The van der Waals surface area contributed by atoms with Gasteiger partial charge in [-0.3, -0.25) is 9.59 Å². The maximum absolute atomic E-state index is 13.1. The van der Waals surface area contributed by atoms with E-state index in [2.05, 4.69) is 5.32 Å². The van der Waals surface area contributed by atoms with Crippen molar-refractivity contribution in [3.63, 3.8) is 0 Å². The molecule has 34 heavy (non-hydrogen) atoms. The number of nitrogens with one attached hydrogen (secondary N) is 1. The second-order valence-corrected chi connectivity index (χ2v) is 8.80. The zero-order chi connectivity index (χ0) is 24.7. The van der Waals surface area contributed by atoms with E-state index >= 15 is 0 Å². The molecule has 1 aromatic carbocycles. The van der Waals surface area contributed by atoms with Gasteiger partial charge in [0.05, 0.1) is 25.3 Å². The molecule has 10 heteroatoms. The van der Waals surface area contributed by atoms with E-state index < -0.39 is 17.8 Å². The average Bonchev–Trinajstić information content (AvgIpc) is 3.01. The van der Waals surface area contributed by atoms with Crippen LogP contribution in [0, 0.1) is 6.92 Å². The minimum Gasteiger partial charge on any atom is -0.483 e. The summed E-state index contributed by atoms with van der Waals surface area (Å²) in [4.78, 5) is 52.1. The standard InChI is InChI=1S/C24H28N2O7S/c1-15-19(23(29)31-2)22(34-20(15)24(30)32-3)25-21(28)16-10-6-7-11-17(16)33-14-18(27)26-12-8-4-5-9-13-26/h6-7,10-11H,4-5,8-9,12-14H2,1-3H3,(H,25,28). The van der Waals surface area contributed by atoms with E-state index in [0.29, 0.717) is 18.7 Å². The van der Waals surface area contributed by atoms with Crippen molar-refractivity contribution in [2.45, 2.75) is 32.6 Å². The van der Waals surface area contributed by atoms with Gasteiger partial charge in [0.1, 0.15) is 15.6 Å². The molecule has 1 fully saturated rings. The Kier molecular flexibility index (Phi) is 8.64. The molecule has 1 aromatic heterocycles. The fourth-order valence-electron chi connectivity index (χ4n) is 3.74. The lowest BCUT2D eigenvalue weighted by Gasteiger charge is -2.20. The number of rotatable bonds is 7. The van der Waals surface area contributed by atoms with Crippen molar-refractivity contribution in [3.8, 4) is 5.75 Å². The zero-order valence-electron chi connectivity index (χ0n) is 19.5. The highest BCUT2D eigenvalue weighted by Crippen LogP contribution is 2.35. The topological polar surface area (TPSA) is 111 Å². The Labute approximate surface area is 202 Å². The highest BCUT2D eigenvalue weighted by atomic mass is 32.1. The maximum atomic E-state index is 13.1. The van der Waals surface area contributed by atoms with Gasteiger partial charge in [-0.1, -0.05) is 25.0 Å². The number of nitrogens with zero attached hydrogens (tertiary/aromatic N) is 1. The minimum atomic E-state index is -0.688. The molecular formula is C24H28N2O7S. The average molecular weight is 489 g/mol. The van der Waals surface area contributed by atoms with Gasteiger partial charge >= 0.3 is 11.9 Å². The van der Waals surface area contributed by atoms with Gasteiger partial charge < -0.3 is 24.4 Å². The molecule has 182 valence electrons. The van der Waals surface area contributed by atoms with Crippen LogP contribution in [0.4, 0.5) is 5.00 Å². The van der Waals surface area contributed by atoms with E-state index in [1.165, 1.54) is 14.2 Å². The number of hydrogen-bond donors (Lipinski definition) is 1. The highest BCUT2D eigenvalue weighted by Gasteiger charge is 2.27. The van der Waals surface area contributed by atoms with E-state index in [9.17, 15) is 19.2 Å². The molecule has 0 radical (unpaired) electrons. The van der Waals surface area contributed by atoms with Crippen molar-refractivity contribution in [2.24, 2.45) is 0 Å². The normalized spacial score (nSPS) is 13.6. The monoisotopic (exact) mass is 488 g/mol. The summed E-state index contributed by atoms with van der Waals surface area (Å²) >= 11 is 0.921. The lowest BCUT2D eigenvalue weighted by molar-refractivity contribution is -0.133. The summed E-state index contributed by atoms with van der Waals surface area (Å²) in [6, 6.07) is 6.53. The summed E-state index contributed by atoms with van der Waals surface area (Å²) in [7, 11) is 2.45. The van der Waals surface area contributed by atoms with Crippen LogP contribution in [-0.2, 0) is 14.3 Å². The third kappa shape index (κ3) is 5.74. The number of esters is 2. The number of amides is 2. The lowest BCUT2D eigenvalue weighted by atomic mass is 10.1. The first-order chi connectivity index (χ1) is 16.4. The van der Waals surface area contributed by atoms with Gasteiger partial charge in [-0.05, 0) is 37.5 Å². The third-order valence-corrected chi connectivity index (χ3v) is 6.76. The van der Waals surface area contributed by atoms with Crippen molar-refractivity contribution >= 4 is 40.1 Å². The number of anilines is 1. The van der Waals surface area contributed by atoms with E-state index in [0.717, 1.165) is 37.0 Å². The van der Waals surface area contributed by atoms with Crippen LogP contribution in [0.3, 0.4) is 0 Å². The molecule has 1 saturated heterocycles. The van der Waals surface area contributed by atoms with Gasteiger partial charge in [0, 0.05) is 13.1 Å².